The van der Waals surface area contributed by atoms with Gasteiger partial charge in [-0.2, -0.15) is 0 Å². The number of esters is 1. The molecular weight excluding hydrogens is 345 g/mol. The SMILES string of the molecule is CCOC(=O)CN(c1ccnc(SC)n1)c1ccc(F)cc1OCC. The molecule has 0 bridgehead atoms. The van der Waals surface area contributed by atoms with E-state index >= 15 is 0 Å². The Kier molecular flexibility index (Phi) is 7.00. The highest BCUT2D eigenvalue weighted by Crippen LogP contribution is 2.34. The van der Waals surface area contributed by atoms with Crippen LogP contribution in [0.25, 0.3) is 0 Å². The van der Waals surface area contributed by atoms with E-state index in [0.717, 1.165) is 0 Å². The largest absolute Gasteiger partial charge is 0.492 e. The number of nitrogens with zero attached hydrogens (tertiary/aromatic N) is 3. The minimum absolute atomic E-state index is 0.0790. The third-order valence-corrected chi connectivity index (χ3v) is 3.74. The number of ether oxygens (including phenoxy) is 2. The first kappa shape index (κ1) is 19.0. The number of hydrogen-bond acceptors (Lipinski definition) is 7. The Morgan fingerprint density at radius 1 is 1.28 bits per heavy atom. The average Bonchev–Trinajstić information content (AvgIpc) is 2.61. The second kappa shape index (κ2) is 9.22. The van der Waals surface area contributed by atoms with Crippen LogP contribution in [0.5, 0.6) is 5.75 Å². The topological polar surface area (TPSA) is 64.5 Å². The van der Waals surface area contributed by atoms with E-state index in [1.165, 1.54) is 23.9 Å². The summed E-state index contributed by atoms with van der Waals surface area (Å²) < 4.78 is 24.2. The molecule has 0 unspecified atom stereocenters. The zero-order valence-electron chi connectivity index (χ0n) is 14.4. The quantitative estimate of drug-likeness (QED) is 0.403. The van der Waals surface area contributed by atoms with Gasteiger partial charge in [-0.25, -0.2) is 14.4 Å². The molecule has 25 heavy (non-hydrogen) atoms. The van der Waals surface area contributed by atoms with Crippen LogP contribution in [0, 0.1) is 5.82 Å². The number of rotatable bonds is 8. The third-order valence-electron chi connectivity index (χ3n) is 3.18. The molecule has 8 heteroatoms. The van der Waals surface area contributed by atoms with Crippen molar-refractivity contribution >= 4 is 29.2 Å². The Hall–Kier alpha value is -2.35. The number of halogens is 1. The minimum Gasteiger partial charge on any atom is -0.492 e. The third kappa shape index (κ3) is 5.06. The molecule has 0 fully saturated rings. The molecule has 0 atom stereocenters. The zero-order valence-corrected chi connectivity index (χ0v) is 15.2. The monoisotopic (exact) mass is 365 g/mol. The molecule has 1 aromatic heterocycles. The van der Waals surface area contributed by atoms with E-state index < -0.39 is 11.8 Å². The van der Waals surface area contributed by atoms with Crippen LogP contribution in [0.15, 0.2) is 35.6 Å². The van der Waals surface area contributed by atoms with Crippen molar-refractivity contribution in [2.75, 3.05) is 30.9 Å². The van der Waals surface area contributed by atoms with E-state index in [1.54, 1.807) is 37.1 Å². The first-order chi connectivity index (χ1) is 12.1. The van der Waals surface area contributed by atoms with E-state index in [9.17, 15) is 9.18 Å². The lowest BCUT2D eigenvalue weighted by molar-refractivity contribution is -0.141. The molecule has 134 valence electrons. The Bertz CT molecular complexity index is 730. The van der Waals surface area contributed by atoms with E-state index in [4.69, 9.17) is 9.47 Å². The Balaban J connectivity index is 2.49. The first-order valence-corrected chi connectivity index (χ1v) is 9.04. The molecule has 0 spiro atoms. The highest BCUT2D eigenvalue weighted by Gasteiger charge is 2.20. The maximum absolute atomic E-state index is 13.6. The van der Waals surface area contributed by atoms with Crippen molar-refractivity contribution < 1.29 is 18.7 Å². The predicted octanol–water partition coefficient (Wildman–Crippen LogP) is 3.44. The van der Waals surface area contributed by atoms with Crippen LogP contribution in [0.1, 0.15) is 13.8 Å². The van der Waals surface area contributed by atoms with Gasteiger partial charge in [0, 0.05) is 12.3 Å². The maximum Gasteiger partial charge on any atom is 0.326 e. The van der Waals surface area contributed by atoms with Gasteiger partial charge in [-0.3, -0.25) is 4.79 Å². The van der Waals surface area contributed by atoms with Gasteiger partial charge >= 0.3 is 5.97 Å². The van der Waals surface area contributed by atoms with Crippen molar-refractivity contribution in [2.24, 2.45) is 0 Å². The fourth-order valence-electron chi connectivity index (χ4n) is 2.19. The minimum atomic E-state index is -0.421. The van der Waals surface area contributed by atoms with Gasteiger partial charge in [-0.05, 0) is 38.3 Å². The van der Waals surface area contributed by atoms with Crippen molar-refractivity contribution in [2.45, 2.75) is 19.0 Å². The van der Waals surface area contributed by atoms with Gasteiger partial charge < -0.3 is 14.4 Å². The highest BCUT2D eigenvalue weighted by molar-refractivity contribution is 7.98. The summed E-state index contributed by atoms with van der Waals surface area (Å²) in [5, 5.41) is 0.562. The molecule has 0 saturated carbocycles. The summed E-state index contributed by atoms with van der Waals surface area (Å²) in [4.78, 5) is 22.3. The summed E-state index contributed by atoms with van der Waals surface area (Å²) in [7, 11) is 0. The summed E-state index contributed by atoms with van der Waals surface area (Å²) in [6.45, 7) is 4.10. The summed E-state index contributed by atoms with van der Waals surface area (Å²) in [5.74, 6) is -0.00885. The predicted molar refractivity (Wildman–Crippen MR) is 95.0 cm³/mol. The van der Waals surface area contributed by atoms with Gasteiger partial charge in [0.25, 0.3) is 0 Å². The Labute approximate surface area is 150 Å². The van der Waals surface area contributed by atoms with Crippen LogP contribution in [-0.2, 0) is 9.53 Å². The molecule has 0 aliphatic rings. The van der Waals surface area contributed by atoms with E-state index in [1.807, 2.05) is 6.26 Å². The first-order valence-electron chi connectivity index (χ1n) is 7.81. The van der Waals surface area contributed by atoms with Gasteiger partial charge in [0.05, 0.1) is 18.9 Å². The molecule has 0 N–H and O–H groups in total. The molecule has 2 rings (SSSR count). The Morgan fingerprint density at radius 2 is 2.08 bits per heavy atom. The molecule has 1 aromatic carbocycles. The number of benzene rings is 1. The molecule has 0 aliphatic heterocycles. The smallest absolute Gasteiger partial charge is 0.326 e. The van der Waals surface area contributed by atoms with Crippen LogP contribution < -0.4 is 9.64 Å². The molecule has 0 radical (unpaired) electrons. The molecule has 0 saturated heterocycles. The lowest BCUT2D eigenvalue weighted by Gasteiger charge is -2.25. The van der Waals surface area contributed by atoms with Gasteiger partial charge in [-0.1, -0.05) is 11.8 Å². The lowest BCUT2D eigenvalue weighted by Crippen LogP contribution is -2.28. The average molecular weight is 365 g/mol. The van der Waals surface area contributed by atoms with E-state index in [2.05, 4.69) is 9.97 Å². The maximum atomic E-state index is 13.6. The molecular formula is C17H20FN3O3S. The number of thioether (sulfide) groups is 1. The van der Waals surface area contributed by atoms with Gasteiger partial charge in [0.15, 0.2) is 5.16 Å². The van der Waals surface area contributed by atoms with Crippen LogP contribution >= 0.6 is 11.8 Å². The Morgan fingerprint density at radius 3 is 2.76 bits per heavy atom. The van der Waals surface area contributed by atoms with Crippen molar-refractivity contribution in [3.05, 3.63) is 36.3 Å². The second-order valence-electron chi connectivity index (χ2n) is 4.84. The number of aromatic nitrogens is 2. The summed E-state index contributed by atoms with van der Waals surface area (Å²) in [6, 6.07) is 5.83. The van der Waals surface area contributed by atoms with Crippen molar-refractivity contribution in [1.82, 2.24) is 9.97 Å². The van der Waals surface area contributed by atoms with E-state index in [0.29, 0.717) is 29.0 Å². The summed E-state index contributed by atoms with van der Waals surface area (Å²) in [6.07, 6.45) is 3.47. The molecule has 0 aliphatic carbocycles. The highest BCUT2D eigenvalue weighted by atomic mass is 32.2. The van der Waals surface area contributed by atoms with Gasteiger partial charge in [0.1, 0.15) is 23.9 Å². The zero-order chi connectivity index (χ0) is 18.2. The van der Waals surface area contributed by atoms with Crippen molar-refractivity contribution in [1.29, 1.82) is 0 Å². The number of carbonyl (C=O) groups is 1. The summed E-state index contributed by atoms with van der Waals surface area (Å²) in [5.41, 5.74) is 0.530. The number of anilines is 2. The van der Waals surface area contributed by atoms with Gasteiger partial charge in [0.2, 0.25) is 0 Å². The summed E-state index contributed by atoms with van der Waals surface area (Å²) >= 11 is 1.39. The standard InChI is InChI=1S/C17H20FN3O3S/c1-4-23-14-10-12(18)6-7-13(14)21(11-16(22)24-5-2)15-8-9-19-17(20-15)25-3/h6-10H,4-5,11H2,1-3H3. The van der Waals surface area contributed by atoms with E-state index in [-0.39, 0.29) is 13.2 Å². The van der Waals surface area contributed by atoms with Crippen LogP contribution in [0.3, 0.4) is 0 Å². The molecule has 2 aromatic rings. The molecule has 0 amide bonds. The fourth-order valence-corrected chi connectivity index (χ4v) is 2.54. The molecule has 1 heterocycles. The van der Waals surface area contributed by atoms with Crippen LogP contribution in [0.4, 0.5) is 15.9 Å². The van der Waals surface area contributed by atoms with Crippen LogP contribution in [0.2, 0.25) is 0 Å². The second-order valence-corrected chi connectivity index (χ2v) is 5.61. The number of carbonyl (C=O) groups excluding carboxylic acids is 1. The normalized spacial score (nSPS) is 10.4. The van der Waals surface area contributed by atoms with Crippen molar-refractivity contribution in [3.63, 3.8) is 0 Å². The molecule has 6 nitrogen and oxygen atoms in total. The lowest BCUT2D eigenvalue weighted by atomic mass is 10.2. The van der Waals surface area contributed by atoms with Crippen molar-refractivity contribution in [3.8, 4) is 5.75 Å². The van der Waals surface area contributed by atoms with Crippen LogP contribution in [-0.4, -0.2) is 42.0 Å². The number of hydrogen-bond donors (Lipinski definition) is 0. The van der Waals surface area contributed by atoms with Gasteiger partial charge in [-0.15, -0.1) is 0 Å². The fraction of sp³-hybridized carbons (Fsp3) is 0.353.